The number of aliphatic imine (C=N–C) groups is 1. The molecule has 0 fully saturated rings. The maximum atomic E-state index is 13.2. The molecule has 21 heavy (non-hydrogen) atoms. The van der Waals surface area contributed by atoms with Crippen molar-refractivity contribution in [3.63, 3.8) is 0 Å². The lowest BCUT2D eigenvalue weighted by Gasteiger charge is -2.12. The van der Waals surface area contributed by atoms with Gasteiger partial charge < -0.3 is 15.1 Å². The molecular formula is C14H16BrFIN3O. The van der Waals surface area contributed by atoms with Gasteiger partial charge in [-0.2, -0.15) is 0 Å². The molecule has 1 aromatic heterocycles. The molecule has 2 rings (SSSR count). The van der Waals surface area contributed by atoms with Crippen molar-refractivity contribution in [2.45, 2.75) is 13.1 Å². The average molecular weight is 468 g/mol. The molecule has 0 atom stereocenters. The van der Waals surface area contributed by atoms with E-state index < -0.39 is 0 Å². The van der Waals surface area contributed by atoms with Gasteiger partial charge in [0.2, 0.25) is 0 Å². The van der Waals surface area contributed by atoms with Crippen molar-refractivity contribution in [1.29, 1.82) is 0 Å². The minimum absolute atomic E-state index is 0. The molecule has 0 aliphatic heterocycles. The first-order valence-corrected chi connectivity index (χ1v) is 6.89. The molecule has 0 spiro atoms. The van der Waals surface area contributed by atoms with Crippen LogP contribution in [-0.4, -0.2) is 13.0 Å². The second kappa shape index (κ2) is 9.04. The zero-order valence-electron chi connectivity index (χ0n) is 11.4. The number of rotatable bonds is 4. The molecular weight excluding hydrogens is 452 g/mol. The quantitative estimate of drug-likeness (QED) is 0.410. The van der Waals surface area contributed by atoms with E-state index in [2.05, 4.69) is 31.6 Å². The maximum absolute atomic E-state index is 13.2. The Hall–Kier alpha value is -1.09. The van der Waals surface area contributed by atoms with Gasteiger partial charge in [-0.05, 0) is 35.9 Å². The smallest absolute Gasteiger partial charge is 0.191 e. The van der Waals surface area contributed by atoms with Crippen molar-refractivity contribution in [3.05, 3.63) is 58.2 Å². The minimum atomic E-state index is -0.261. The summed E-state index contributed by atoms with van der Waals surface area (Å²) in [6, 6.07) is 8.29. The molecule has 0 radical (unpaired) electrons. The molecule has 0 saturated carbocycles. The molecule has 2 N–H and O–H groups in total. The van der Waals surface area contributed by atoms with Crippen molar-refractivity contribution >= 4 is 45.9 Å². The predicted molar refractivity (Wildman–Crippen MR) is 95.3 cm³/mol. The Bertz CT molecular complexity index is 590. The van der Waals surface area contributed by atoms with Crippen molar-refractivity contribution in [1.82, 2.24) is 10.6 Å². The number of benzene rings is 1. The van der Waals surface area contributed by atoms with Gasteiger partial charge in [-0.15, -0.1) is 24.0 Å². The van der Waals surface area contributed by atoms with E-state index >= 15 is 0 Å². The number of halogens is 3. The normalized spacial score (nSPS) is 10.9. The summed E-state index contributed by atoms with van der Waals surface area (Å²) in [5, 5.41) is 6.23. The largest absolute Gasteiger partial charge is 0.467 e. The summed E-state index contributed by atoms with van der Waals surface area (Å²) in [6.45, 7) is 1.01. The van der Waals surface area contributed by atoms with Gasteiger partial charge in [-0.25, -0.2) is 4.39 Å². The van der Waals surface area contributed by atoms with Crippen molar-refractivity contribution in [2.24, 2.45) is 4.99 Å². The van der Waals surface area contributed by atoms with Crippen LogP contribution in [0.5, 0.6) is 0 Å². The highest BCUT2D eigenvalue weighted by Crippen LogP contribution is 2.17. The molecule has 0 saturated heterocycles. The first kappa shape index (κ1) is 18.0. The fraction of sp³-hybridized carbons (Fsp3) is 0.214. The Morgan fingerprint density at radius 3 is 2.71 bits per heavy atom. The number of nitrogens with one attached hydrogen (secondary N) is 2. The molecule has 0 unspecified atom stereocenters. The second-order valence-corrected chi connectivity index (χ2v) is 4.95. The van der Waals surface area contributed by atoms with Gasteiger partial charge in [0.25, 0.3) is 0 Å². The molecule has 4 nitrogen and oxygen atoms in total. The average Bonchev–Trinajstić information content (AvgIpc) is 2.96. The molecule has 1 heterocycles. The Kier molecular flexibility index (Phi) is 7.73. The van der Waals surface area contributed by atoms with Crippen molar-refractivity contribution < 1.29 is 8.81 Å². The molecule has 0 bridgehead atoms. The van der Waals surface area contributed by atoms with Crippen LogP contribution in [0.3, 0.4) is 0 Å². The monoisotopic (exact) mass is 467 g/mol. The van der Waals surface area contributed by atoms with E-state index in [1.165, 1.54) is 12.1 Å². The number of furan rings is 1. The van der Waals surface area contributed by atoms with Crippen LogP contribution in [0.1, 0.15) is 11.3 Å². The number of hydrogen-bond acceptors (Lipinski definition) is 2. The summed E-state index contributed by atoms with van der Waals surface area (Å²) in [7, 11) is 1.68. The highest BCUT2D eigenvalue weighted by molar-refractivity contribution is 14.0. The first-order chi connectivity index (χ1) is 9.69. The van der Waals surface area contributed by atoms with Gasteiger partial charge in [-0.1, -0.05) is 15.9 Å². The van der Waals surface area contributed by atoms with Crippen LogP contribution in [-0.2, 0) is 13.1 Å². The minimum Gasteiger partial charge on any atom is -0.467 e. The van der Waals surface area contributed by atoms with Gasteiger partial charge in [0.1, 0.15) is 11.6 Å². The van der Waals surface area contributed by atoms with Crippen LogP contribution in [0.25, 0.3) is 0 Å². The Balaban J connectivity index is 0.00000220. The standard InChI is InChI=1S/C14H15BrFN3O.HI/c1-17-14(19-9-12-3-2-6-20-12)18-8-10-7-11(16)4-5-13(10)15;/h2-7H,8-9H2,1H3,(H2,17,18,19);1H. The zero-order valence-corrected chi connectivity index (χ0v) is 15.3. The number of guanidine groups is 1. The van der Waals surface area contributed by atoms with Gasteiger partial charge in [0, 0.05) is 18.1 Å². The SMILES string of the molecule is CN=C(NCc1ccco1)NCc1cc(F)ccc1Br.I. The van der Waals surface area contributed by atoms with Crippen molar-refractivity contribution in [2.75, 3.05) is 7.05 Å². The van der Waals surface area contributed by atoms with E-state index in [1.54, 1.807) is 19.4 Å². The van der Waals surface area contributed by atoms with Gasteiger partial charge >= 0.3 is 0 Å². The topological polar surface area (TPSA) is 49.6 Å². The predicted octanol–water partition coefficient (Wildman–Crippen LogP) is 3.66. The summed E-state index contributed by atoms with van der Waals surface area (Å²) < 4.78 is 19.3. The highest BCUT2D eigenvalue weighted by atomic mass is 127. The van der Waals surface area contributed by atoms with E-state index in [0.29, 0.717) is 19.0 Å². The Labute approximate surface area is 148 Å². The first-order valence-electron chi connectivity index (χ1n) is 6.10. The van der Waals surface area contributed by atoms with Crippen LogP contribution in [0.4, 0.5) is 4.39 Å². The lowest BCUT2D eigenvalue weighted by Crippen LogP contribution is -2.36. The van der Waals surface area contributed by atoms with E-state index in [-0.39, 0.29) is 29.8 Å². The number of hydrogen-bond donors (Lipinski definition) is 2. The summed E-state index contributed by atoms with van der Waals surface area (Å²) in [4.78, 5) is 4.10. The number of nitrogens with zero attached hydrogens (tertiary/aromatic N) is 1. The van der Waals surface area contributed by atoms with Gasteiger partial charge in [-0.3, -0.25) is 4.99 Å². The van der Waals surface area contributed by atoms with Crippen LogP contribution < -0.4 is 10.6 Å². The maximum Gasteiger partial charge on any atom is 0.191 e. The molecule has 2 aromatic rings. The molecule has 1 aromatic carbocycles. The van der Waals surface area contributed by atoms with E-state index in [4.69, 9.17) is 4.42 Å². The third kappa shape index (κ3) is 5.66. The van der Waals surface area contributed by atoms with E-state index in [0.717, 1.165) is 15.8 Å². The summed E-state index contributed by atoms with van der Waals surface area (Å²) >= 11 is 3.39. The van der Waals surface area contributed by atoms with Crippen LogP contribution in [0, 0.1) is 5.82 Å². The molecule has 7 heteroatoms. The van der Waals surface area contributed by atoms with Crippen molar-refractivity contribution in [3.8, 4) is 0 Å². The van der Waals surface area contributed by atoms with E-state index in [9.17, 15) is 4.39 Å². The second-order valence-electron chi connectivity index (χ2n) is 4.09. The third-order valence-corrected chi connectivity index (χ3v) is 3.46. The third-order valence-electron chi connectivity index (χ3n) is 2.69. The van der Waals surface area contributed by atoms with Crippen LogP contribution in [0.2, 0.25) is 0 Å². The fourth-order valence-electron chi connectivity index (χ4n) is 1.66. The molecule has 114 valence electrons. The fourth-order valence-corrected chi connectivity index (χ4v) is 2.05. The Morgan fingerprint density at radius 2 is 2.05 bits per heavy atom. The molecule has 0 aliphatic carbocycles. The summed E-state index contributed by atoms with van der Waals surface area (Å²) in [5.41, 5.74) is 0.825. The highest BCUT2D eigenvalue weighted by Gasteiger charge is 2.04. The molecule has 0 amide bonds. The Morgan fingerprint density at radius 1 is 1.29 bits per heavy atom. The van der Waals surface area contributed by atoms with Gasteiger partial charge in [0.15, 0.2) is 5.96 Å². The van der Waals surface area contributed by atoms with E-state index in [1.807, 2.05) is 12.1 Å². The van der Waals surface area contributed by atoms with Crippen LogP contribution >= 0.6 is 39.9 Å². The summed E-state index contributed by atoms with van der Waals surface area (Å²) in [5.74, 6) is 1.18. The molecule has 0 aliphatic rings. The summed E-state index contributed by atoms with van der Waals surface area (Å²) in [6.07, 6.45) is 1.62. The lowest BCUT2D eigenvalue weighted by molar-refractivity contribution is 0.501. The van der Waals surface area contributed by atoms with Gasteiger partial charge in [0.05, 0.1) is 12.8 Å². The zero-order chi connectivity index (χ0) is 14.4. The van der Waals surface area contributed by atoms with Crippen LogP contribution in [0.15, 0.2) is 50.5 Å². The lowest BCUT2D eigenvalue weighted by atomic mass is 10.2.